The van der Waals surface area contributed by atoms with Gasteiger partial charge in [-0.2, -0.15) is 5.10 Å². The molecule has 1 aromatic heterocycles. The van der Waals surface area contributed by atoms with Gasteiger partial charge in [-0.15, -0.1) is 0 Å². The number of hydrogen-bond donors (Lipinski definition) is 1. The number of rotatable bonds is 3. The molecule has 0 aliphatic carbocycles. The number of aromatic nitrogens is 2. The summed E-state index contributed by atoms with van der Waals surface area (Å²) in [5.41, 5.74) is 6.71. The maximum atomic E-state index is 5.77. The van der Waals surface area contributed by atoms with Gasteiger partial charge in [-0.3, -0.25) is 4.68 Å². The fourth-order valence-corrected chi connectivity index (χ4v) is 1.16. The minimum Gasteiger partial charge on any atom is -0.318 e. The van der Waals surface area contributed by atoms with Crippen molar-refractivity contribution >= 4 is 0 Å². The van der Waals surface area contributed by atoms with Crippen LogP contribution in [0.1, 0.15) is 32.3 Å². The van der Waals surface area contributed by atoms with Gasteiger partial charge in [-0.25, -0.2) is 0 Å². The molecule has 0 fully saturated rings. The summed E-state index contributed by atoms with van der Waals surface area (Å²) in [6.45, 7) is 5.03. The summed E-state index contributed by atoms with van der Waals surface area (Å²) in [6.07, 6.45) is 5.74. The average molecular weight is 191 g/mol. The lowest BCUT2D eigenvalue weighted by Crippen LogP contribution is -2.16. The zero-order chi connectivity index (χ0) is 10.4. The maximum Gasteiger partial charge on any atom is 0.0668 e. The van der Waals surface area contributed by atoms with E-state index >= 15 is 0 Å². The number of nitrogens with zero attached hydrogens (tertiary/aromatic N) is 2. The molecule has 0 saturated heterocycles. The molecule has 1 heterocycles. The highest BCUT2D eigenvalue weighted by Gasteiger charge is 1.95. The third-order valence-electron chi connectivity index (χ3n) is 1.96. The minimum absolute atomic E-state index is 0.00928. The number of nitrogens with two attached hydrogens (primary N) is 1. The first kappa shape index (κ1) is 10.8. The van der Waals surface area contributed by atoms with Gasteiger partial charge in [-0.05, 0) is 13.3 Å². The fourth-order valence-electron chi connectivity index (χ4n) is 1.16. The van der Waals surface area contributed by atoms with Gasteiger partial charge in [0.05, 0.1) is 17.8 Å². The molecule has 1 aromatic rings. The number of aryl methyl sites for hydroxylation is 1. The normalized spacial score (nSPS) is 11.9. The molecule has 3 heteroatoms. The van der Waals surface area contributed by atoms with Crippen LogP contribution in [0.3, 0.4) is 0 Å². The Labute approximate surface area is 85.3 Å². The predicted molar refractivity (Wildman–Crippen MR) is 57.7 cm³/mol. The molecule has 3 nitrogen and oxygen atoms in total. The van der Waals surface area contributed by atoms with Crippen molar-refractivity contribution in [3.63, 3.8) is 0 Å². The van der Waals surface area contributed by atoms with Crippen molar-refractivity contribution in [1.82, 2.24) is 9.78 Å². The summed E-state index contributed by atoms with van der Waals surface area (Å²) in [5.74, 6) is 6.04. The van der Waals surface area contributed by atoms with Crippen LogP contribution in [0.25, 0.3) is 0 Å². The zero-order valence-corrected chi connectivity index (χ0v) is 8.83. The van der Waals surface area contributed by atoms with Crippen LogP contribution in [0.2, 0.25) is 0 Å². The first-order valence-electron chi connectivity index (χ1n) is 5.05. The van der Waals surface area contributed by atoms with E-state index in [2.05, 4.69) is 23.9 Å². The zero-order valence-electron chi connectivity index (χ0n) is 8.83. The van der Waals surface area contributed by atoms with Gasteiger partial charge >= 0.3 is 0 Å². The summed E-state index contributed by atoms with van der Waals surface area (Å²) in [5, 5.41) is 4.13. The van der Waals surface area contributed by atoms with Gasteiger partial charge in [-0.1, -0.05) is 25.2 Å². The second-order valence-corrected chi connectivity index (χ2v) is 3.25. The summed E-state index contributed by atoms with van der Waals surface area (Å²) in [7, 11) is 0. The molecule has 1 rings (SSSR count). The third kappa shape index (κ3) is 3.23. The van der Waals surface area contributed by atoms with Crippen LogP contribution in [0.5, 0.6) is 0 Å². The Hall–Kier alpha value is -1.27. The van der Waals surface area contributed by atoms with Crippen molar-refractivity contribution < 1.29 is 0 Å². The van der Waals surface area contributed by atoms with Gasteiger partial charge in [0.25, 0.3) is 0 Å². The maximum absolute atomic E-state index is 5.77. The highest BCUT2D eigenvalue weighted by Crippen LogP contribution is 1.96. The lowest BCUT2D eigenvalue weighted by Gasteiger charge is -1.97. The highest BCUT2D eigenvalue weighted by atomic mass is 15.3. The second-order valence-electron chi connectivity index (χ2n) is 3.25. The van der Waals surface area contributed by atoms with E-state index in [0.717, 1.165) is 24.9 Å². The van der Waals surface area contributed by atoms with E-state index < -0.39 is 0 Å². The van der Waals surface area contributed by atoms with Crippen molar-refractivity contribution in [2.45, 2.75) is 39.3 Å². The molecule has 1 unspecified atom stereocenters. The van der Waals surface area contributed by atoms with Crippen LogP contribution in [0, 0.1) is 11.8 Å². The van der Waals surface area contributed by atoms with E-state index in [4.69, 9.17) is 5.73 Å². The van der Waals surface area contributed by atoms with Crippen molar-refractivity contribution in [2.75, 3.05) is 0 Å². The Bertz CT molecular complexity index is 330. The lowest BCUT2D eigenvalue weighted by atomic mass is 10.2. The van der Waals surface area contributed by atoms with Crippen LogP contribution in [0.4, 0.5) is 0 Å². The topological polar surface area (TPSA) is 43.8 Å². The summed E-state index contributed by atoms with van der Waals surface area (Å²) in [4.78, 5) is 0. The molecule has 0 saturated carbocycles. The van der Waals surface area contributed by atoms with E-state index in [1.165, 1.54) is 0 Å². The number of hydrogen-bond acceptors (Lipinski definition) is 2. The molecular weight excluding hydrogens is 174 g/mol. The Morgan fingerprint density at radius 1 is 1.57 bits per heavy atom. The molecule has 1 atom stereocenters. The molecule has 76 valence electrons. The van der Waals surface area contributed by atoms with E-state index in [9.17, 15) is 0 Å². The first-order valence-corrected chi connectivity index (χ1v) is 5.05. The van der Waals surface area contributed by atoms with Crippen LogP contribution in [-0.2, 0) is 6.54 Å². The van der Waals surface area contributed by atoms with E-state index in [1.54, 1.807) is 6.20 Å². The van der Waals surface area contributed by atoms with Crippen LogP contribution in [-0.4, -0.2) is 15.8 Å². The monoisotopic (exact) mass is 191 g/mol. The molecule has 0 aliphatic rings. The summed E-state index contributed by atoms with van der Waals surface area (Å²) >= 11 is 0. The van der Waals surface area contributed by atoms with Crippen LogP contribution >= 0.6 is 0 Å². The second kappa shape index (κ2) is 5.46. The molecule has 0 spiro atoms. The molecule has 2 N–H and O–H groups in total. The smallest absolute Gasteiger partial charge is 0.0668 e. The molecule has 14 heavy (non-hydrogen) atoms. The Kier molecular flexibility index (Phi) is 4.21. The Balaban J connectivity index is 2.58. The molecule has 0 bridgehead atoms. The molecular formula is C11H17N3. The SMILES string of the molecule is CCCC(N)C#Cc1cnn(CC)c1. The standard InChI is InChI=1S/C11H17N3/c1-3-5-11(12)7-6-10-8-13-14(4-2)9-10/h8-9,11H,3-5,12H2,1-2H3. The average Bonchev–Trinajstić information content (AvgIpc) is 2.63. The van der Waals surface area contributed by atoms with Gasteiger partial charge in [0.2, 0.25) is 0 Å². The summed E-state index contributed by atoms with van der Waals surface area (Å²) in [6, 6.07) is -0.00928. The fraction of sp³-hybridized carbons (Fsp3) is 0.545. The lowest BCUT2D eigenvalue weighted by molar-refractivity contribution is 0.660. The largest absolute Gasteiger partial charge is 0.318 e. The Morgan fingerprint density at radius 3 is 2.93 bits per heavy atom. The highest BCUT2D eigenvalue weighted by molar-refractivity contribution is 5.31. The van der Waals surface area contributed by atoms with E-state index in [0.29, 0.717) is 0 Å². The van der Waals surface area contributed by atoms with Crippen molar-refractivity contribution in [3.05, 3.63) is 18.0 Å². The predicted octanol–water partition coefficient (Wildman–Crippen LogP) is 1.38. The molecule has 0 aromatic carbocycles. The molecule has 0 radical (unpaired) electrons. The van der Waals surface area contributed by atoms with Crippen molar-refractivity contribution in [1.29, 1.82) is 0 Å². The quantitative estimate of drug-likeness (QED) is 0.733. The molecule has 0 aliphatic heterocycles. The van der Waals surface area contributed by atoms with Gasteiger partial charge in [0.15, 0.2) is 0 Å². The van der Waals surface area contributed by atoms with Gasteiger partial charge < -0.3 is 5.73 Å². The van der Waals surface area contributed by atoms with Crippen LogP contribution in [0.15, 0.2) is 12.4 Å². The van der Waals surface area contributed by atoms with Crippen LogP contribution < -0.4 is 5.73 Å². The van der Waals surface area contributed by atoms with Crippen molar-refractivity contribution in [2.24, 2.45) is 5.73 Å². The molecule has 0 amide bonds. The Morgan fingerprint density at radius 2 is 2.36 bits per heavy atom. The van der Waals surface area contributed by atoms with Gasteiger partial charge in [0, 0.05) is 12.7 Å². The van der Waals surface area contributed by atoms with Crippen molar-refractivity contribution in [3.8, 4) is 11.8 Å². The van der Waals surface area contributed by atoms with Gasteiger partial charge in [0.1, 0.15) is 0 Å². The van der Waals surface area contributed by atoms with E-state index in [1.807, 2.05) is 17.8 Å². The van der Waals surface area contributed by atoms with E-state index in [-0.39, 0.29) is 6.04 Å². The minimum atomic E-state index is -0.00928. The summed E-state index contributed by atoms with van der Waals surface area (Å²) < 4.78 is 1.86. The first-order chi connectivity index (χ1) is 6.76. The third-order valence-corrected chi connectivity index (χ3v) is 1.96.